The number of hydrogen-bond acceptors (Lipinski definition) is 4. The second-order valence-electron chi connectivity index (χ2n) is 5.72. The minimum absolute atomic E-state index is 0.00670. The van der Waals surface area contributed by atoms with Gasteiger partial charge in [0.15, 0.2) is 6.61 Å². The molecule has 2 amide bonds. The number of anilines is 1. The Labute approximate surface area is 150 Å². The maximum Gasteiger partial charge on any atom is 0.274 e. The van der Waals surface area contributed by atoms with Crippen LogP contribution in [-0.4, -0.2) is 41.4 Å². The zero-order valence-corrected chi connectivity index (χ0v) is 14.3. The van der Waals surface area contributed by atoms with E-state index in [-0.39, 0.29) is 24.1 Å². The highest BCUT2D eigenvalue weighted by atomic mass is 35.5. The molecule has 7 heteroatoms. The van der Waals surface area contributed by atoms with Crippen LogP contribution in [0.25, 0.3) is 0 Å². The van der Waals surface area contributed by atoms with Crippen LogP contribution in [0.5, 0.6) is 5.75 Å². The average Bonchev–Trinajstić information content (AvgIpc) is 3.15. The number of ether oxygens (including phenoxy) is 1. The van der Waals surface area contributed by atoms with Gasteiger partial charge in [-0.25, -0.2) is 0 Å². The highest BCUT2D eigenvalue weighted by Crippen LogP contribution is 2.19. The van der Waals surface area contributed by atoms with Crippen LogP contribution in [0.2, 0.25) is 5.02 Å². The van der Waals surface area contributed by atoms with Crippen molar-refractivity contribution in [3.05, 3.63) is 53.3 Å². The molecule has 2 heterocycles. The van der Waals surface area contributed by atoms with Gasteiger partial charge >= 0.3 is 0 Å². The minimum Gasteiger partial charge on any atom is -0.484 e. The van der Waals surface area contributed by atoms with Crippen molar-refractivity contribution in [3.63, 3.8) is 0 Å². The van der Waals surface area contributed by atoms with E-state index < -0.39 is 0 Å². The highest BCUT2D eigenvalue weighted by Gasteiger charge is 2.18. The smallest absolute Gasteiger partial charge is 0.274 e. The molecule has 0 radical (unpaired) electrons. The van der Waals surface area contributed by atoms with Gasteiger partial charge in [0.05, 0.1) is 0 Å². The van der Waals surface area contributed by atoms with Crippen LogP contribution in [0.4, 0.5) is 5.69 Å². The van der Waals surface area contributed by atoms with Gasteiger partial charge in [0.25, 0.3) is 11.8 Å². The number of nitrogens with zero attached hydrogens (tertiary/aromatic N) is 2. The summed E-state index contributed by atoms with van der Waals surface area (Å²) in [5.74, 6) is 0.132. The summed E-state index contributed by atoms with van der Waals surface area (Å²) in [6.07, 6.45) is 3.57. The fourth-order valence-electron chi connectivity index (χ4n) is 2.59. The van der Waals surface area contributed by atoms with E-state index in [1.165, 1.54) is 12.3 Å². The molecular weight excluding hydrogens is 342 g/mol. The van der Waals surface area contributed by atoms with Crippen molar-refractivity contribution in [2.75, 3.05) is 25.0 Å². The zero-order valence-electron chi connectivity index (χ0n) is 13.6. The lowest BCUT2D eigenvalue weighted by Gasteiger charge is -2.15. The predicted octanol–water partition coefficient (Wildman–Crippen LogP) is 2.99. The summed E-state index contributed by atoms with van der Waals surface area (Å²) >= 11 is 5.87. The van der Waals surface area contributed by atoms with E-state index in [1.54, 1.807) is 35.2 Å². The normalized spacial score (nSPS) is 13.6. The third-order valence-corrected chi connectivity index (χ3v) is 4.10. The molecule has 3 rings (SSSR count). The van der Waals surface area contributed by atoms with Gasteiger partial charge in [0.2, 0.25) is 0 Å². The monoisotopic (exact) mass is 359 g/mol. The second-order valence-corrected chi connectivity index (χ2v) is 6.15. The van der Waals surface area contributed by atoms with Crippen LogP contribution < -0.4 is 10.1 Å². The van der Waals surface area contributed by atoms with E-state index in [4.69, 9.17) is 16.3 Å². The van der Waals surface area contributed by atoms with Crippen molar-refractivity contribution >= 4 is 29.1 Å². The standard InChI is InChI=1S/C18H18ClN3O3/c19-13-6-7-20-16(10-13)18(24)21-14-4-3-5-15(11-14)25-12-17(23)22-8-1-2-9-22/h3-7,10-11H,1-2,8-9,12H2,(H,21,24). The van der Waals surface area contributed by atoms with Crippen molar-refractivity contribution in [3.8, 4) is 5.75 Å². The number of likely N-dealkylation sites (tertiary alicyclic amines) is 1. The Hall–Kier alpha value is -2.60. The van der Waals surface area contributed by atoms with Crippen LogP contribution in [0, 0.1) is 0 Å². The number of benzene rings is 1. The lowest BCUT2D eigenvalue weighted by Crippen LogP contribution is -2.32. The first-order chi connectivity index (χ1) is 12.1. The van der Waals surface area contributed by atoms with E-state index in [0.29, 0.717) is 16.5 Å². The quantitative estimate of drug-likeness (QED) is 0.890. The summed E-state index contributed by atoms with van der Waals surface area (Å²) in [6, 6.07) is 9.98. The SMILES string of the molecule is O=C(Nc1cccc(OCC(=O)N2CCCC2)c1)c1cc(Cl)ccn1. The number of carbonyl (C=O) groups excluding carboxylic acids is 2. The molecule has 1 saturated heterocycles. The van der Waals surface area contributed by atoms with Crippen LogP contribution in [0.15, 0.2) is 42.6 Å². The molecule has 0 bridgehead atoms. The maximum atomic E-state index is 12.2. The molecule has 130 valence electrons. The molecule has 0 atom stereocenters. The van der Waals surface area contributed by atoms with Gasteiger partial charge in [-0.3, -0.25) is 14.6 Å². The molecule has 0 saturated carbocycles. The molecule has 6 nitrogen and oxygen atoms in total. The van der Waals surface area contributed by atoms with Gasteiger partial charge in [0.1, 0.15) is 11.4 Å². The third-order valence-electron chi connectivity index (χ3n) is 3.87. The van der Waals surface area contributed by atoms with Gasteiger partial charge < -0.3 is 15.0 Å². The molecule has 1 aliphatic rings. The number of halogens is 1. The lowest BCUT2D eigenvalue weighted by molar-refractivity contribution is -0.132. The molecule has 0 spiro atoms. The molecule has 1 N–H and O–H groups in total. The summed E-state index contributed by atoms with van der Waals surface area (Å²) in [4.78, 5) is 30.0. The predicted molar refractivity (Wildman–Crippen MR) is 95.0 cm³/mol. The van der Waals surface area contributed by atoms with Gasteiger partial charge in [-0.2, -0.15) is 0 Å². The number of aromatic nitrogens is 1. The van der Waals surface area contributed by atoms with E-state index >= 15 is 0 Å². The maximum absolute atomic E-state index is 12.2. The molecule has 25 heavy (non-hydrogen) atoms. The molecule has 1 aliphatic heterocycles. The van der Waals surface area contributed by atoms with Crippen LogP contribution in [0.1, 0.15) is 23.3 Å². The molecule has 2 aromatic rings. The van der Waals surface area contributed by atoms with E-state index in [9.17, 15) is 9.59 Å². The van der Waals surface area contributed by atoms with Gasteiger partial charge in [-0.1, -0.05) is 17.7 Å². The summed E-state index contributed by atoms with van der Waals surface area (Å²) < 4.78 is 5.55. The summed E-state index contributed by atoms with van der Waals surface area (Å²) in [5.41, 5.74) is 0.779. The Balaban J connectivity index is 1.59. The first kappa shape index (κ1) is 17.2. The highest BCUT2D eigenvalue weighted by molar-refractivity contribution is 6.30. The largest absolute Gasteiger partial charge is 0.484 e. The Morgan fingerprint density at radius 2 is 2.00 bits per heavy atom. The van der Waals surface area contributed by atoms with E-state index in [2.05, 4.69) is 10.3 Å². The minimum atomic E-state index is -0.368. The topological polar surface area (TPSA) is 71.5 Å². The van der Waals surface area contributed by atoms with Crippen molar-refractivity contribution in [1.82, 2.24) is 9.88 Å². The first-order valence-corrected chi connectivity index (χ1v) is 8.43. The Kier molecular flexibility index (Phi) is 5.50. The third kappa shape index (κ3) is 4.70. The fourth-order valence-corrected chi connectivity index (χ4v) is 2.75. The zero-order chi connectivity index (χ0) is 17.6. The Bertz CT molecular complexity index is 776. The van der Waals surface area contributed by atoms with E-state index in [1.807, 2.05) is 0 Å². The molecule has 0 unspecified atom stereocenters. The molecule has 1 aromatic heterocycles. The van der Waals surface area contributed by atoms with Crippen LogP contribution in [-0.2, 0) is 4.79 Å². The summed E-state index contributed by atoms with van der Waals surface area (Å²) in [6.45, 7) is 1.59. The number of rotatable bonds is 5. The summed E-state index contributed by atoms with van der Waals surface area (Å²) in [7, 11) is 0. The molecule has 0 aliphatic carbocycles. The fraction of sp³-hybridized carbons (Fsp3) is 0.278. The first-order valence-electron chi connectivity index (χ1n) is 8.05. The average molecular weight is 360 g/mol. The Morgan fingerprint density at radius 1 is 1.20 bits per heavy atom. The Morgan fingerprint density at radius 3 is 2.76 bits per heavy atom. The number of nitrogens with one attached hydrogen (secondary N) is 1. The number of amides is 2. The molecule has 1 fully saturated rings. The lowest BCUT2D eigenvalue weighted by atomic mass is 10.2. The number of carbonyl (C=O) groups is 2. The number of pyridine rings is 1. The van der Waals surface area contributed by atoms with Crippen molar-refractivity contribution < 1.29 is 14.3 Å². The van der Waals surface area contributed by atoms with Crippen molar-refractivity contribution in [2.24, 2.45) is 0 Å². The second kappa shape index (κ2) is 7.98. The molecule has 1 aromatic carbocycles. The van der Waals surface area contributed by atoms with Crippen molar-refractivity contribution in [1.29, 1.82) is 0 Å². The van der Waals surface area contributed by atoms with Crippen molar-refractivity contribution in [2.45, 2.75) is 12.8 Å². The van der Waals surface area contributed by atoms with Crippen LogP contribution >= 0.6 is 11.6 Å². The number of hydrogen-bond donors (Lipinski definition) is 1. The van der Waals surface area contributed by atoms with E-state index in [0.717, 1.165) is 25.9 Å². The van der Waals surface area contributed by atoms with Gasteiger partial charge in [-0.05, 0) is 37.1 Å². The molecular formula is C18H18ClN3O3. The van der Waals surface area contributed by atoms with Crippen LogP contribution in [0.3, 0.4) is 0 Å². The van der Waals surface area contributed by atoms with Gasteiger partial charge in [0, 0.05) is 36.1 Å². The summed E-state index contributed by atoms with van der Waals surface area (Å²) in [5, 5.41) is 3.18. The van der Waals surface area contributed by atoms with Gasteiger partial charge in [-0.15, -0.1) is 0 Å².